The van der Waals surface area contributed by atoms with Crippen LogP contribution in [0, 0.1) is 0 Å². The molecule has 0 aliphatic heterocycles. The van der Waals surface area contributed by atoms with Gasteiger partial charge in [-0.25, -0.2) is 0 Å². The molecule has 0 aliphatic carbocycles. The molecular formula is C13H15N3O3. The summed E-state index contributed by atoms with van der Waals surface area (Å²) in [5, 5.41) is 19.3. The first-order chi connectivity index (χ1) is 9.15. The number of benzene rings is 1. The van der Waals surface area contributed by atoms with E-state index in [0.29, 0.717) is 12.3 Å². The van der Waals surface area contributed by atoms with Crippen LogP contribution < -0.4 is 5.32 Å². The molecule has 0 aliphatic rings. The van der Waals surface area contributed by atoms with Gasteiger partial charge >= 0.3 is 5.97 Å². The second kappa shape index (κ2) is 5.99. The van der Waals surface area contributed by atoms with E-state index < -0.39 is 5.97 Å². The zero-order valence-corrected chi connectivity index (χ0v) is 10.5. The van der Waals surface area contributed by atoms with Crippen molar-refractivity contribution in [3.05, 3.63) is 30.7 Å². The van der Waals surface area contributed by atoms with Crippen LogP contribution in [0.25, 0.3) is 11.5 Å². The molecule has 0 saturated carbocycles. The van der Waals surface area contributed by atoms with Crippen molar-refractivity contribution in [2.45, 2.75) is 25.8 Å². The Morgan fingerprint density at radius 2 is 2.16 bits per heavy atom. The van der Waals surface area contributed by atoms with E-state index in [1.54, 1.807) is 0 Å². The van der Waals surface area contributed by atoms with Gasteiger partial charge in [0, 0.05) is 23.7 Å². The van der Waals surface area contributed by atoms with Crippen LogP contribution in [0.15, 0.2) is 35.1 Å². The molecule has 6 nitrogen and oxygen atoms in total. The fourth-order valence-corrected chi connectivity index (χ4v) is 1.70. The summed E-state index contributed by atoms with van der Waals surface area (Å²) >= 11 is 0. The first kappa shape index (κ1) is 13.1. The predicted octanol–water partition coefficient (Wildman–Crippen LogP) is 2.40. The lowest BCUT2D eigenvalue weighted by Crippen LogP contribution is -2.16. The minimum absolute atomic E-state index is 0.102. The van der Waals surface area contributed by atoms with E-state index in [9.17, 15) is 4.79 Å². The molecule has 19 heavy (non-hydrogen) atoms. The lowest BCUT2D eigenvalue weighted by atomic mass is 10.1. The summed E-state index contributed by atoms with van der Waals surface area (Å²) in [5.41, 5.74) is 1.78. The molecule has 1 atom stereocenters. The molecule has 0 saturated heterocycles. The highest BCUT2D eigenvalue weighted by molar-refractivity contribution is 5.66. The smallest absolute Gasteiger partial charge is 0.303 e. The highest BCUT2D eigenvalue weighted by atomic mass is 16.4. The molecule has 1 unspecified atom stereocenters. The van der Waals surface area contributed by atoms with Crippen LogP contribution in [-0.2, 0) is 4.79 Å². The Morgan fingerprint density at radius 3 is 2.74 bits per heavy atom. The molecule has 2 aromatic rings. The van der Waals surface area contributed by atoms with Crippen molar-refractivity contribution in [2.24, 2.45) is 0 Å². The van der Waals surface area contributed by atoms with Crippen LogP contribution in [0.1, 0.15) is 19.8 Å². The first-order valence-corrected chi connectivity index (χ1v) is 6.00. The van der Waals surface area contributed by atoms with Crippen molar-refractivity contribution in [3.8, 4) is 11.5 Å². The van der Waals surface area contributed by atoms with E-state index in [-0.39, 0.29) is 12.5 Å². The van der Waals surface area contributed by atoms with Gasteiger partial charge in [-0.2, -0.15) is 0 Å². The second-order valence-electron chi connectivity index (χ2n) is 4.30. The van der Waals surface area contributed by atoms with E-state index in [2.05, 4.69) is 15.5 Å². The fraction of sp³-hybridized carbons (Fsp3) is 0.308. The van der Waals surface area contributed by atoms with Gasteiger partial charge in [0.25, 0.3) is 0 Å². The normalized spacial score (nSPS) is 12.1. The molecule has 1 aromatic carbocycles. The third kappa shape index (κ3) is 3.80. The summed E-state index contributed by atoms with van der Waals surface area (Å²) in [5.74, 6) is -0.300. The largest absolute Gasteiger partial charge is 0.481 e. The number of carbonyl (C=O) groups is 1. The van der Waals surface area contributed by atoms with Crippen molar-refractivity contribution < 1.29 is 14.3 Å². The van der Waals surface area contributed by atoms with Gasteiger partial charge in [0.15, 0.2) is 0 Å². The number of hydrogen-bond donors (Lipinski definition) is 2. The molecule has 0 fully saturated rings. The molecule has 6 heteroatoms. The van der Waals surface area contributed by atoms with Gasteiger partial charge in [0.1, 0.15) is 0 Å². The van der Waals surface area contributed by atoms with E-state index in [1.807, 2.05) is 31.2 Å². The molecule has 2 N–H and O–H groups in total. The van der Waals surface area contributed by atoms with Crippen LogP contribution in [0.3, 0.4) is 0 Å². The minimum atomic E-state index is -0.777. The van der Waals surface area contributed by atoms with E-state index in [0.717, 1.165) is 11.3 Å². The molecule has 0 amide bonds. The van der Waals surface area contributed by atoms with E-state index >= 15 is 0 Å². The molecule has 0 spiro atoms. The summed E-state index contributed by atoms with van der Waals surface area (Å²) < 4.78 is 5.10. The molecule has 1 heterocycles. The Kier molecular flexibility index (Phi) is 4.12. The van der Waals surface area contributed by atoms with Crippen molar-refractivity contribution in [3.63, 3.8) is 0 Å². The van der Waals surface area contributed by atoms with Crippen molar-refractivity contribution >= 4 is 11.7 Å². The van der Waals surface area contributed by atoms with E-state index in [4.69, 9.17) is 9.52 Å². The number of nitrogens with zero attached hydrogens (tertiary/aromatic N) is 2. The third-order valence-corrected chi connectivity index (χ3v) is 2.70. The monoisotopic (exact) mass is 261 g/mol. The van der Waals surface area contributed by atoms with Crippen molar-refractivity contribution in [1.29, 1.82) is 0 Å². The van der Waals surface area contributed by atoms with Gasteiger partial charge in [-0.05, 0) is 37.6 Å². The lowest BCUT2D eigenvalue weighted by Gasteiger charge is -2.14. The van der Waals surface area contributed by atoms with Gasteiger partial charge in [0.05, 0.1) is 0 Å². The predicted molar refractivity (Wildman–Crippen MR) is 69.7 cm³/mol. The van der Waals surface area contributed by atoms with E-state index in [1.165, 1.54) is 6.39 Å². The lowest BCUT2D eigenvalue weighted by molar-refractivity contribution is -0.137. The van der Waals surface area contributed by atoms with Gasteiger partial charge in [-0.1, -0.05) is 0 Å². The third-order valence-electron chi connectivity index (χ3n) is 2.70. The van der Waals surface area contributed by atoms with Gasteiger partial charge in [0.2, 0.25) is 12.3 Å². The highest BCUT2D eigenvalue weighted by Crippen LogP contribution is 2.19. The Hall–Kier alpha value is -2.37. The number of hydrogen-bond acceptors (Lipinski definition) is 5. The SMILES string of the molecule is CC(CCC(=O)O)Nc1ccc(-c2nnco2)cc1. The summed E-state index contributed by atoms with van der Waals surface area (Å²) in [7, 11) is 0. The number of carboxylic acid groups (broad SMARTS) is 1. The molecule has 0 bridgehead atoms. The second-order valence-corrected chi connectivity index (χ2v) is 4.30. The Morgan fingerprint density at radius 1 is 1.42 bits per heavy atom. The average molecular weight is 261 g/mol. The van der Waals surface area contributed by atoms with Gasteiger partial charge in [-0.3, -0.25) is 4.79 Å². The zero-order valence-electron chi connectivity index (χ0n) is 10.5. The maximum atomic E-state index is 10.5. The Labute approximate surface area is 110 Å². The van der Waals surface area contributed by atoms with Gasteiger partial charge < -0.3 is 14.8 Å². The minimum Gasteiger partial charge on any atom is -0.481 e. The maximum Gasteiger partial charge on any atom is 0.303 e. The summed E-state index contributed by atoms with van der Waals surface area (Å²) in [4.78, 5) is 10.5. The summed E-state index contributed by atoms with van der Waals surface area (Å²) in [6.45, 7) is 1.95. The van der Waals surface area contributed by atoms with Gasteiger partial charge in [-0.15, -0.1) is 10.2 Å². The summed E-state index contributed by atoms with van der Waals surface area (Å²) in [6, 6.07) is 7.65. The van der Waals surface area contributed by atoms with Crippen molar-refractivity contribution in [2.75, 3.05) is 5.32 Å². The Balaban J connectivity index is 1.93. The van der Waals surface area contributed by atoms with Crippen LogP contribution in [-0.4, -0.2) is 27.3 Å². The molecule has 0 radical (unpaired) electrons. The number of anilines is 1. The first-order valence-electron chi connectivity index (χ1n) is 6.00. The quantitative estimate of drug-likeness (QED) is 0.830. The Bertz CT molecular complexity index is 523. The van der Waals surface area contributed by atoms with Crippen molar-refractivity contribution in [1.82, 2.24) is 10.2 Å². The zero-order chi connectivity index (χ0) is 13.7. The highest BCUT2D eigenvalue weighted by Gasteiger charge is 2.06. The van der Waals surface area contributed by atoms with Crippen LogP contribution in [0.2, 0.25) is 0 Å². The van der Waals surface area contributed by atoms with Crippen LogP contribution in [0.5, 0.6) is 0 Å². The average Bonchev–Trinajstić information content (AvgIpc) is 2.91. The molecule has 1 aromatic heterocycles. The topological polar surface area (TPSA) is 88.2 Å². The number of rotatable bonds is 6. The van der Waals surface area contributed by atoms with Crippen LogP contribution >= 0.6 is 0 Å². The number of aromatic nitrogens is 2. The number of carboxylic acids is 1. The van der Waals surface area contributed by atoms with Crippen LogP contribution in [0.4, 0.5) is 5.69 Å². The molecule has 2 rings (SSSR count). The summed E-state index contributed by atoms with van der Waals surface area (Å²) in [6.07, 6.45) is 2.03. The number of aliphatic carboxylic acids is 1. The molecular weight excluding hydrogens is 246 g/mol. The number of nitrogens with one attached hydrogen (secondary N) is 1. The molecule has 100 valence electrons. The standard InChI is InChI=1S/C13H15N3O3/c1-9(2-7-12(17)18)15-11-5-3-10(4-6-11)13-16-14-8-19-13/h3-6,8-9,15H,2,7H2,1H3,(H,17,18). The maximum absolute atomic E-state index is 10.5. The fourth-order valence-electron chi connectivity index (χ4n) is 1.70.